The summed E-state index contributed by atoms with van der Waals surface area (Å²) in [5.41, 5.74) is 0. The number of guanidine groups is 1. The van der Waals surface area contributed by atoms with Crippen molar-refractivity contribution in [2.24, 2.45) is 28.7 Å². The number of likely N-dealkylation sites (tertiary alicyclic amines) is 1. The predicted octanol–water partition coefficient (Wildman–Crippen LogP) is -1.05. The third kappa shape index (κ3) is 2.39. The van der Waals surface area contributed by atoms with Gasteiger partial charge in [-0.2, -0.15) is 0 Å². The van der Waals surface area contributed by atoms with Crippen molar-refractivity contribution in [3.8, 4) is 0 Å². The summed E-state index contributed by atoms with van der Waals surface area (Å²) in [5, 5.41) is 14.7. The molecule has 0 aromatic carbocycles. The molecule has 120 valence electrons. The molecular formula is C15H22N4O3. The van der Waals surface area contributed by atoms with E-state index in [-0.39, 0.29) is 42.1 Å². The van der Waals surface area contributed by atoms with Crippen LogP contribution in [0, 0.1) is 23.7 Å². The highest BCUT2D eigenvalue weighted by Crippen LogP contribution is 2.52. The maximum atomic E-state index is 12.5. The van der Waals surface area contributed by atoms with Crippen LogP contribution in [0.2, 0.25) is 0 Å². The van der Waals surface area contributed by atoms with Crippen LogP contribution >= 0.6 is 0 Å². The molecule has 0 radical (unpaired) electrons. The van der Waals surface area contributed by atoms with Crippen LogP contribution in [0.3, 0.4) is 0 Å². The summed E-state index contributed by atoms with van der Waals surface area (Å²) in [5.74, 6) is 0.754. The van der Waals surface area contributed by atoms with Gasteiger partial charge >= 0.3 is 0 Å². The molecule has 1 aliphatic heterocycles. The minimum Gasteiger partial charge on any atom is -0.395 e. The van der Waals surface area contributed by atoms with Crippen LogP contribution < -0.4 is 10.6 Å². The number of amides is 2. The summed E-state index contributed by atoms with van der Waals surface area (Å²) < 4.78 is 0. The highest BCUT2D eigenvalue weighted by Gasteiger charge is 2.58. The van der Waals surface area contributed by atoms with Gasteiger partial charge in [0.2, 0.25) is 11.8 Å². The van der Waals surface area contributed by atoms with Crippen LogP contribution in [0.1, 0.15) is 6.42 Å². The molecular weight excluding hydrogens is 284 g/mol. The lowest BCUT2D eigenvalue weighted by molar-refractivity contribution is -0.140. The lowest BCUT2D eigenvalue weighted by Crippen LogP contribution is -2.44. The third-order valence-corrected chi connectivity index (χ3v) is 4.82. The molecule has 3 rings (SSSR count). The van der Waals surface area contributed by atoms with Crippen LogP contribution in [0.4, 0.5) is 0 Å². The highest BCUT2D eigenvalue weighted by atomic mass is 16.3. The van der Waals surface area contributed by atoms with E-state index < -0.39 is 0 Å². The molecule has 4 unspecified atom stereocenters. The first-order valence-corrected chi connectivity index (χ1v) is 7.76. The van der Waals surface area contributed by atoms with Crippen LogP contribution in [-0.2, 0) is 9.59 Å². The average Bonchev–Trinajstić information content (AvgIpc) is 3.19. The number of nitrogens with one attached hydrogen (secondary N) is 2. The zero-order valence-electron chi connectivity index (χ0n) is 12.7. The Bertz CT molecular complexity index is 501. The van der Waals surface area contributed by atoms with Gasteiger partial charge < -0.3 is 15.7 Å². The summed E-state index contributed by atoms with van der Waals surface area (Å²) in [6.07, 6.45) is 5.15. The number of carbonyl (C=O) groups is 2. The molecule has 2 bridgehead atoms. The zero-order chi connectivity index (χ0) is 15.7. The van der Waals surface area contributed by atoms with Gasteiger partial charge in [0.05, 0.1) is 18.4 Å². The van der Waals surface area contributed by atoms with Gasteiger partial charge in [-0.1, -0.05) is 12.2 Å². The van der Waals surface area contributed by atoms with Crippen molar-refractivity contribution in [1.29, 1.82) is 0 Å². The van der Waals surface area contributed by atoms with E-state index in [4.69, 9.17) is 5.11 Å². The maximum Gasteiger partial charge on any atom is 0.233 e. The smallest absolute Gasteiger partial charge is 0.233 e. The summed E-state index contributed by atoms with van der Waals surface area (Å²) in [7, 11) is 1.63. The Balaban J connectivity index is 1.54. The quantitative estimate of drug-likeness (QED) is 0.261. The van der Waals surface area contributed by atoms with Gasteiger partial charge in [0.1, 0.15) is 0 Å². The maximum absolute atomic E-state index is 12.5. The SMILES string of the molecule is CN=C(NCCO)NCCN1C(=O)C2C3C=CC(C3)C2C1=O. The van der Waals surface area contributed by atoms with E-state index in [9.17, 15) is 9.59 Å². The lowest BCUT2D eigenvalue weighted by atomic mass is 9.85. The van der Waals surface area contributed by atoms with Crippen LogP contribution in [0.15, 0.2) is 17.1 Å². The van der Waals surface area contributed by atoms with E-state index in [1.807, 2.05) is 0 Å². The van der Waals surface area contributed by atoms with Crippen molar-refractivity contribution in [2.75, 3.05) is 33.3 Å². The molecule has 3 aliphatic rings. The first kappa shape index (κ1) is 15.0. The molecule has 1 saturated carbocycles. The summed E-state index contributed by atoms with van der Waals surface area (Å²) in [6, 6.07) is 0. The summed E-state index contributed by atoms with van der Waals surface area (Å²) in [6.45, 7) is 1.22. The summed E-state index contributed by atoms with van der Waals surface area (Å²) >= 11 is 0. The number of aliphatic imine (C=N–C) groups is 1. The topological polar surface area (TPSA) is 94.0 Å². The van der Waals surface area contributed by atoms with Crippen LogP contribution in [0.25, 0.3) is 0 Å². The van der Waals surface area contributed by atoms with Gasteiger partial charge in [0.25, 0.3) is 0 Å². The lowest BCUT2D eigenvalue weighted by Gasteiger charge is -2.18. The van der Waals surface area contributed by atoms with E-state index >= 15 is 0 Å². The van der Waals surface area contributed by atoms with Gasteiger partial charge in [0.15, 0.2) is 5.96 Å². The molecule has 0 spiro atoms. The number of fused-ring (bicyclic) bond motifs is 5. The van der Waals surface area contributed by atoms with Gasteiger partial charge in [0, 0.05) is 26.7 Å². The molecule has 3 N–H and O–H groups in total. The van der Waals surface area contributed by atoms with Gasteiger partial charge in [-0.25, -0.2) is 0 Å². The van der Waals surface area contributed by atoms with Crippen LogP contribution in [-0.4, -0.2) is 61.1 Å². The van der Waals surface area contributed by atoms with Gasteiger partial charge in [-0.3, -0.25) is 19.5 Å². The molecule has 2 aliphatic carbocycles. The number of hydrogen-bond acceptors (Lipinski definition) is 4. The van der Waals surface area contributed by atoms with Gasteiger partial charge in [-0.15, -0.1) is 0 Å². The number of allylic oxidation sites excluding steroid dienone is 2. The Kier molecular flexibility index (Phi) is 4.15. The fourth-order valence-corrected chi connectivity index (χ4v) is 3.87. The monoisotopic (exact) mass is 306 g/mol. The second kappa shape index (κ2) is 6.08. The second-order valence-electron chi connectivity index (χ2n) is 5.98. The molecule has 4 atom stereocenters. The molecule has 7 nitrogen and oxygen atoms in total. The third-order valence-electron chi connectivity index (χ3n) is 4.82. The summed E-state index contributed by atoms with van der Waals surface area (Å²) in [4.78, 5) is 30.3. The predicted molar refractivity (Wildman–Crippen MR) is 80.9 cm³/mol. The first-order chi connectivity index (χ1) is 10.7. The first-order valence-electron chi connectivity index (χ1n) is 7.76. The number of aliphatic hydroxyl groups is 1. The van der Waals surface area contributed by atoms with Crippen molar-refractivity contribution < 1.29 is 14.7 Å². The molecule has 2 amide bonds. The number of imide groups is 1. The Labute approximate surface area is 129 Å². The number of hydrogen-bond donors (Lipinski definition) is 3. The minimum absolute atomic E-state index is 0.0168. The fourth-order valence-electron chi connectivity index (χ4n) is 3.87. The molecule has 22 heavy (non-hydrogen) atoms. The Morgan fingerprint density at radius 2 is 1.82 bits per heavy atom. The highest BCUT2D eigenvalue weighted by molar-refractivity contribution is 6.06. The second-order valence-corrected chi connectivity index (χ2v) is 5.98. The number of rotatable bonds is 5. The molecule has 2 fully saturated rings. The van der Waals surface area contributed by atoms with E-state index in [1.165, 1.54) is 4.90 Å². The van der Waals surface area contributed by atoms with E-state index in [1.54, 1.807) is 7.05 Å². The number of aliphatic hydroxyl groups excluding tert-OH is 1. The van der Waals surface area contributed by atoms with Crippen molar-refractivity contribution in [2.45, 2.75) is 6.42 Å². The van der Waals surface area contributed by atoms with Crippen LogP contribution in [0.5, 0.6) is 0 Å². The minimum atomic E-state index is -0.130. The molecule has 1 saturated heterocycles. The largest absolute Gasteiger partial charge is 0.395 e. The van der Waals surface area contributed by atoms with E-state index in [0.717, 1.165) is 6.42 Å². The van der Waals surface area contributed by atoms with Crippen molar-refractivity contribution >= 4 is 17.8 Å². The number of nitrogens with zero attached hydrogens (tertiary/aromatic N) is 2. The van der Waals surface area contributed by atoms with Crippen molar-refractivity contribution in [3.05, 3.63) is 12.2 Å². The number of carbonyl (C=O) groups excluding carboxylic acids is 2. The molecule has 0 aromatic heterocycles. The van der Waals surface area contributed by atoms with E-state index in [0.29, 0.717) is 25.6 Å². The normalized spacial score (nSPS) is 32.8. The Morgan fingerprint density at radius 3 is 2.36 bits per heavy atom. The van der Waals surface area contributed by atoms with E-state index in [2.05, 4.69) is 27.8 Å². The van der Waals surface area contributed by atoms with Gasteiger partial charge in [-0.05, 0) is 18.3 Å². The average molecular weight is 306 g/mol. The molecule has 0 aromatic rings. The Morgan fingerprint density at radius 1 is 1.23 bits per heavy atom. The standard InChI is InChI=1S/C15H22N4O3/c1-16-15(18-5-7-20)17-4-6-19-13(21)11-9-2-3-10(8-9)12(11)14(19)22/h2-3,9-12,20H,4-8H2,1H3,(H2,16,17,18). The van der Waals surface area contributed by atoms with Crippen molar-refractivity contribution in [1.82, 2.24) is 15.5 Å². The zero-order valence-corrected chi connectivity index (χ0v) is 12.7. The van der Waals surface area contributed by atoms with Crippen molar-refractivity contribution in [3.63, 3.8) is 0 Å². The molecule has 7 heteroatoms. The molecule has 1 heterocycles. The Hall–Kier alpha value is -1.89. The fraction of sp³-hybridized carbons (Fsp3) is 0.667.